The predicted molar refractivity (Wildman–Crippen MR) is 87.8 cm³/mol. The number of hydrogen-bond donors (Lipinski definition) is 2. The number of carbonyl (C=O) groups excluding carboxylic acids is 1. The lowest BCUT2D eigenvalue weighted by Crippen LogP contribution is -2.48. The summed E-state index contributed by atoms with van der Waals surface area (Å²) < 4.78 is 0. The molecule has 1 aromatic rings. The van der Waals surface area contributed by atoms with Gasteiger partial charge in [0.25, 0.3) is 0 Å². The monoisotopic (exact) mass is 306 g/mol. The van der Waals surface area contributed by atoms with Crippen LogP contribution >= 0.6 is 11.3 Å². The zero-order chi connectivity index (χ0) is 14.8. The first-order valence-corrected chi connectivity index (χ1v) is 9.03. The van der Waals surface area contributed by atoms with Crippen LogP contribution in [0.4, 0.5) is 0 Å². The van der Waals surface area contributed by atoms with Crippen molar-refractivity contribution in [1.29, 1.82) is 0 Å². The van der Waals surface area contributed by atoms with Gasteiger partial charge in [-0.1, -0.05) is 0 Å². The first-order valence-electron chi connectivity index (χ1n) is 8.21. The highest BCUT2D eigenvalue weighted by molar-refractivity contribution is 7.12. The Morgan fingerprint density at radius 1 is 1.33 bits per heavy atom. The maximum Gasteiger partial charge on any atom is 0.220 e. The molecule has 0 spiro atoms. The van der Waals surface area contributed by atoms with Gasteiger partial charge in [-0.3, -0.25) is 4.79 Å². The van der Waals surface area contributed by atoms with E-state index in [-0.39, 0.29) is 5.91 Å². The largest absolute Gasteiger partial charge is 0.353 e. The summed E-state index contributed by atoms with van der Waals surface area (Å²) in [6.07, 6.45) is 7.45. The third-order valence-corrected chi connectivity index (χ3v) is 5.84. The van der Waals surface area contributed by atoms with Crippen molar-refractivity contribution in [2.24, 2.45) is 0 Å². The maximum absolute atomic E-state index is 12.1. The van der Waals surface area contributed by atoms with E-state index in [1.807, 2.05) is 11.3 Å². The normalized spacial score (nSPS) is 27.8. The molecule has 2 aliphatic rings. The number of thiophene rings is 1. The number of nitrogens with one attached hydrogen (secondary N) is 2. The van der Waals surface area contributed by atoms with Crippen LogP contribution in [0.2, 0.25) is 0 Å². The molecule has 0 aromatic carbocycles. The van der Waals surface area contributed by atoms with Gasteiger partial charge in [-0.15, -0.1) is 11.3 Å². The molecule has 2 atom stereocenters. The smallest absolute Gasteiger partial charge is 0.220 e. The van der Waals surface area contributed by atoms with E-state index in [0.29, 0.717) is 24.5 Å². The molecule has 1 amide bonds. The molecule has 3 rings (SSSR count). The van der Waals surface area contributed by atoms with Crippen LogP contribution in [0.5, 0.6) is 0 Å². The molecular weight excluding hydrogens is 280 g/mol. The summed E-state index contributed by atoms with van der Waals surface area (Å²) in [5.41, 5.74) is 1.42. The van der Waals surface area contributed by atoms with E-state index in [2.05, 4.69) is 30.5 Å². The molecule has 2 bridgehead atoms. The summed E-state index contributed by atoms with van der Waals surface area (Å²) in [6, 6.07) is 3.96. The van der Waals surface area contributed by atoms with Crippen LogP contribution in [0.15, 0.2) is 6.07 Å². The fourth-order valence-corrected chi connectivity index (χ4v) is 4.82. The Bertz CT molecular complexity index is 499. The van der Waals surface area contributed by atoms with Crippen molar-refractivity contribution in [2.75, 3.05) is 0 Å². The number of amides is 1. The van der Waals surface area contributed by atoms with Crippen molar-refractivity contribution >= 4 is 17.2 Å². The van der Waals surface area contributed by atoms with Gasteiger partial charge in [-0.25, -0.2) is 0 Å². The number of carbonyl (C=O) groups is 1. The number of aryl methyl sites for hydroxylation is 3. The van der Waals surface area contributed by atoms with Crippen molar-refractivity contribution < 1.29 is 4.79 Å². The zero-order valence-electron chi connectivity index (χ0n) is 13.1. The fourth-order valence-electron chi connectivity index (χ4n) is 3.85. The van der Waals surface area contributed by atoms with Gasteiger partial charge in [-0.05, 0) is 64.0 Å². The first kappa shape index (κ1) is 15.0. The second kappa shape index (κ2) is 6.49. The van der Waals surface area contributed by atoms with Gasteiger partial charge in [0.15, 0.2) is 0 Å². The van der Waals surface area contributed by atoms with Crippen molar-refractivity contribution in [1.82, 2.24) is 10.6 Å². The standard InChI is InChI=1S/C17H26N2OS/c1-11-8-13(12(2)21-11)4-3-5-17(20)19-16-9-14-6-7-15(10-16)18-14/h8,14-16,18H,3-7,9-10H2,1-2H3,(H,19,20). The molecule has 2 N–H and O–H groups in total. The molecule has 3 heterocycles. The summed E-state index contributed by atoms with van der Waals surface area (Å²) in [6.45, 7) is 4.33. The van der Waals surface area contributed by atoms with Crippen LogP contribution in [-0.2, 0) is 11.2 Å². The van der Waals surface area contributed by atoms with Crippen LogP contribution in [0.25, 0.3) is 0 Å². The topological polar surface area (TPSA) is 41.1 Å². The molecule has 3 nitrogen and oxygen atoms in total. The highest BCUT2D eigenvalue weighted by Crippen LogP contribution is 2.27. The van der Waals surface area contributed by atoms with Crippen molar-refractivity contribution in [2.45, 2.75) is 76.9 Å². The average molecular weight is 306 g/mol. The lowest BCUT2D eigenvalue weighted by Gasteiger charge is -2.29. The second-order valence-corrected chi connectivity index (χ2v) is 8.13. The molecule has 2 unspecified atom stereocenters. The molecule has 2 fully saturated rings. The molecule has 21 heavy (non-hydrogen) atoms. The summed E-state index contributed by atoms with van der Waals surface area (Å²) in [5, 5.41) is 6.87. The quantitative estimate of drug-likeness (QED) is 0.878. The highest BCUT2D eigenvalue weighted by atomic mass is 32.1. The Kier molecular flexibility index (Phi) is 4.65. The van der Waals surface area contributed by atoms with Gasteiger partial charge in [0.2, 0.25) is 5.91 Å². The molecule has 2 saturated heterocycles. The number of fused-ring (bicyclic) bond motifs is 2. The summed E-state index contributed by atoms with van der Waals surface area (Å²) in [7, 11) is 0. The van der Waals surface area contributed by atoms with E-state index in [1.54, 1.807) is 0 Å². The SMILES string of the molecule is Cc1cc(CCCC(=O)NC2CC3CCC(C2)N3)c(C)s1. The van der Waals surface area contributed by atoms with Gasteiger partial charge < -0.3 is 10.6 Å². The Morgan fingerprint density at radius 2 is 2.05 bits per heavy atom. The van der Waals surface area contributed by atoms with Gasteiger partial charge in [-0.2, -0.15) is 0 Å². The summed E-state index contributed by atoms with van der Waals surface area (Å²) in [4.78, 5) is 14.9. The Morgan fingerprint density at radius 3 is 2.67 bits per heavy atom. The van der Waals surface area contributed by atoms with Crippen molar-refractivity contribution in [3.63, 3.8) is 0 Å². The lowest BCUT2D eigenvalue weighted by atomic mass is 9.99. The predicted octanol–water partition coefficient (Wildman–Crippen LogP) is 3.09. The third kappa shape index (κ3) is 3.86. The molecule has 2 aliphatic heterocycles. The van der Waals surface area contributed by atoms with E-state index in [9.17, 15) is 4.79 Å². The van der Waals surface area contributed by atoms with Gasteiger partial charge >= 0.3 is 0 Å². The minimum absolute atomic E-state index is 0.242. The molecule has 1 aromatic heterocycles. The van der Waals surface area contributed by atoms with Crippen molar-refractivity contribution in [3.8, 4) is 0 Å². The Labute approximate surface area is 131 Å². The molecular formula is C17H26N2OS. The van der Waals surface area contributed by atoms with Gasteiger partial charge in [0.1, 0.15) is 0 Å². The average Bonchev–Trinajstić information content (AvgIpc) is 2.92. The van der Waals surface area contributed by atoms with Crippen LogP contribution in [0, 0.1) is 13.8 Å². The van der Waals surface area contributed by atoms with E-state index < -0.39 is 0 Å². The fraction of sp³-hybridized carbons (Fsp3) is 0.706. The lowest BCUT2D eigenvalue weighted by molar-refractivity contribution is -0.122. The van der Waals surface area contributed by atoms with Crippen LogP contribution in [0.3, 0.4) is 0 Å². The Balaban J connectivity index is 1.39. The van der Waals surface area contributed by atoms with Crippen molar-refractivity contribution in [3.05, 3.63) is 21.4 Å². The van der Waals surface area contributed by atoms with Gasteiger partial charge in [0, 0.05) is 34.3 Å². The zero-order valence-corrected chi connectivity index (χ0v) is 13.9. The number of piperidine rings is 1. The van der Waals surface area contributed by atoms with E-state index in [4.69, 9.17) is 0 Å². The highest BCUT2D eigenvalue weighted by Gasteiger charge is 2.33. The minimum atomic E-state index is 0.242. The summed E-state index contributed by atoms with van der Waals surface area (Å²) >= 11 is 1.86. The summed E-state index contributed by atoms with van der Waals surface area (Å²) in [5.74, 6) is 0.242. The van der Waals surface area contributed by atoms with E-state index in [1.165, 1.54) is 28.2 Å². The Hall–Kier alpha value is -0.870. The number of hydrogen-bond acceptors (Lipinski definition) is 3. The molecule has 4 heteroatoms. The minimum Gasteiger partial charge on any atom is -0.353 e. The first-order chi connectivity index (χ1) is 10.1. The van der Waals surface area contributed by atoms with E-state index >= 15 is 0 Å². The number of rotatable bonds is 5. The van der Waals surface area contributed by atoms with Crippen LogP contribution in [-0.4, -0.2) is 24.0 Å². The second-order valence-electron chi connectivity index (χ2n) is 6.67. The van der Waals surface area contributed by atoms with Crippen LogP contribution < -0.4 is 10.6 Å². The van der Waals surface area contributed by atoms with Crippen LogP contribution in [0.1, 0.15) is 53.8 Å². The third-order valence-electron chi connectivity index (χ3n) is 4.83. The van der Waals surface area contributed by atoms with Gasteiger partial charge in [0.05, 0.1) is 0 Å². The maximum atomic E-state index is 12.1. The molecule has 0 saturated carbocycles. The van der Waals surface area contributed by atoms with E-state index in [0.717, 1.165) is 25.7 Å². The molecule has 116 valence electrons. The molecule has 0 aliphatic carbocycles. The molecule has 0 radical (unpaired) electrons.